The average molecular weight is 317 g/mol. The van der Waals surface area contributed by atoms with Gasteiger partial charge in [-0.05, 0) is 34.8 Å². The van der Waals surface area contributed by atoms with Crippen molar-refractivity contribution in [2.24, 2.45) is 0 Å². The van der Waals surface area contributed by atoms with Crippen LogP contribution >= 0.6 is 15.9 Å². The largest absolute Gasteiger partial charge is 0.481 e. The summed E-state index contributed by atoms with van der Waals surface area (Å²) in [6.07, 6.45) is 3.33. The van der Waals surface area contributed by atoms with Crippen molar-refractivity contribution in [2.45, 2.75) is 32.7 Å². The maximum Gasteiger partial charge on any atom is 0.303 e. The molecule has 100 valence electrons. The van der Waals surface area contributed by atoms with Crippen LogP contribution in [-0.4, -0.2) is 28.1 Å². The molecule has 1 amide bonds. The smallest absolute Gasteiger partial charge is 0.303 e. The van der Waals surface area contributed by atoms with Crippen LogP contribution in [0.25, 0.3) is 0 Å². The number of carboxylic acid groups (broad SMARTS) is 1. The first-order valence-electron chi connectivity index (χ1n) is 5.90. The normalized spacial score (nSPS) is 10.3. The van der Waals surface area contributed by atoms with E-state index in [1.54, 1.807) is 6.07 Å². The van der Waals surface area contributed by atoms with E-state index in [4.69, 9.17) is 5.11 Å². The number of hydrogen-bond acceptors (Lipinski definition) is 2. The van der Waals surface area contributed by atoms with E-state index in [0.717, 1.165) is 17.4 Å². The molecule has 5 nitrogen and oxygen atoms in total. The highest BCUT2D eigenvalue weighted by molar-refractivity contribution is 9.10. The SMILES string of the molecule is CCCn1cc(Br)cc1C(=O)NCCCC(=O)O. The molecule has 0 saturated heterocycles. The third kappa shape index (κ3) is 4.52. The number of halogens is 1. The minimum atomic E-state index is -0.846. The van der Waals surface area contributed by atoms with Gasteiger partial charge < -0.3 is 15.0 Å². The van der Waals surface area contributed by atoms with Gasteiger partial charge in [-0.2, -0.15) is 0 Å². The minimum absolute atomic E-state index is 0.0694. The Morgan fingerprint density at radius 1 is 1.50 bits per heavy atom. The average Bonchev–Trinajstić information content (AvgIpc) is 2.66. The van der Waals surface area contributed by atoms with E-state index in [9.17, 15) is 9.59 Å². The molecule has 0 radical (unpaired) electrons. The van der Waals surface area contributed by atoms with Crippen LogP contribution < -0.4 is 5.32 Å². The minimum Gasteiger partial charge on any atom is -0.481 e. The zero-order valence-electron chi connectivity index (χ0n) is 10.3. The zero-order valence-corrected chi connectivity index (χ0v) is 11.9. The van der Waals surface area contributed by atoms with Gasteiger partial charge in [0.2, 0.25) is 0 Å². The number of nitrogens with zero attached hydrogens (tertiary/aromatic N) is 1. The van der Waals surface area contributed by atoms with Crippen molar-refractivity contribution in [3.8, 4) is 0 Å². The lowest BCUT2D eigenvalue weighted by Gasteiger charge is -2.08. The van der Waals surface area contributed by atoms with Crippen molar-refractivity contribution >= 4 is 27.8 Å². The van der Waals surface area contributed by atoms with Gasteiger partial charge in [0, 0.05) is 30.2 Å². The van der Waals surface area contributed by atoms with Gasteiger partial charge in [-0.3, -0.25) is 9.59 Å². The lowest BCUT2D eigenvalue weighted by molar-refractivity contribution is -0.137. The number of amides is 1. The second-order valence-corrected chi connectivity index (χ2v) is 4.91. The lowest BCUT2D eigenvalue weighted by atomic mass is 10.3. The molecular formula is C12H17BrN2O3. The fourth-order valence-corrected chi connectivity index (χ4v) is 2.09. The summed E-state index contributed by atoms with van der Waals surface area (Å²) in [7, 11) is 0. The van der Waals surface area contributed by atoms with Gasteiger partial charge in [0.25, 0.3) is 5.91 Å². The summed E-state index contributed by atoms with van der Waals surface area (Å²) in [5.41, 5.74) is 0.596. The molecule has 2 N–H and O–H groups in total. The number of aryl methyl sites for hydroxylation is 1. The van der Waals surface area contributed by atoms with Crippen molar-refractivity contribution < 1.29 is 14.7 Å². The number of aliphatic carboxylic acids is 1. The zero-order chi connectivity index (χ0) is 13.5. The summed E-state index contributed by atoms with van der Waals surface area (Å²) in [6, 6.07) is 1.77. The Hall–Kier alpha value is -1.30. The van der Waals surface area contributed by atoms with E-state index < -0.39 is 5.97 Å². The third-order valence-electron chi connectivity index (χ3n) is 2.41. The summed E-state index contributed by atoms with van der Waals surface area (Å²) in [6.45, 7) is 3.20. The van der Waals surface area contributed by atoms with Crippen LogP contribution in [-0.2, 0) is 11.3 Å². The van der Waals surface area contributed by atoms with Gasteiger partial charge in [-0.15, -0.1) is 0 Å². The van der Waals surface area contributed by atoms with Crippen molar-refractivity contribution in [1.82, 2.24) is 9.88 Å². The molecular weight excluding hydrogens is 300 g/mol. The molecule has 0 atom stereocenters. The third-order valence-corrected chi connectivity index (χ3v) is 2.85. The number of carbonyl (C=O) groups excluding carboxylic acids is 1. The second-order valence-electron chi connectivity index (χ2n) is 3.99. The van der Waals surface area contributed by atoms with Crippen molar-refractivity contribution in [3.63, 3.8) is 0 Å². The summed E-state index contributed by atoms with van der Waals surface area (Å²) >= 11 is 3.34. The predicted molar refractivity (Wildman–Crippen MR) is 71.6 cm³/mol. The fraction of sp³-hybridized carbons (Fsp3) is 0.500. The quantitative estimate of drug-likeness (QED) is 0.758. The maximum atomic E-state index is 11.9. The first-order chi connectivity index (χ1) is 8.54. The molecule has 0 spiro atoms. The van der Waals surface area contributed by atoms with Crippen LogP contribution in [0.1, 0.15) is 36.7 Å². The van der Waals surface area contributed by atoms with E-state index in [2.05, 4.69) is 21.2 Å². The van der Waals surface area contributed by atoms with Crippen LogP contribution in [0, 0.1) is 0 Å². The Labute approximate surface area is 114 Å². The molecule has 0 unspecified atom stereocenters. The van der Waals surface area contributed by atoms with E-state index in [0.29, 0.717) is 18.7 Å². The Kier molecular flexibility index (Phi) is 5.91. The predicted octanol–water partition coefficient (Wildman–Crippen LogP) is 2.26. The standard InChI is InChI=1S/C12H17BrN2O3/c1-2-6-15-8-9(13)7-10(15)12(18)14-5-3-4-11(16)17/h7-8H,2-6H2,1H3,(H,14,18)(H,16,17). The van der Waals surface area contributed by atoms with Gasteiger partial charge in [-0.1, -0.05) is 6.92 Å². The summed E-state index contributed by atoms with van der Waals surface area (Å²) in [4.78, 5) is 22.2. The molecule has 6 heteroatoms. The molecule has 18 heavy (non-hydrogen) atoms. The number of aromatic nitrogens is 1. The summed E-state index contributed by atoms with van der Waals surface area (Å²) < 4.78 is 2.75. The van der Waals surface area contributed by atoms with Crippen LogP contribution in [0.2, 0.25) is 0 Å². The highest BCUT2D eigenvalue weighted by Crippen LogP contribution is 2.15. The molecule has 0 aromatic carbocycles. The lowest BCUT2D eigenvalue weighted by Crippen LogP contribution is -2.27. The van der Waals surface area contributed by atoms with Gasteiger partial charge in [-0.25, -0.2) is 0 Å². The molecule has 1 aromatic rings. The number of rotatable bonds is 7. The molecule has 0 saturated carbocycles. The first kappa shape index (κ1) is 14.8. The van der Waals surface area contributed by atoms with Gasteiger partial charge >= 0.3 is 5.97 Å². The maximum absolute atomic E-state index is 11.9. The molecule has 1 rings (SSSR count). The monoisotopic (exact) mass is 316 g/mol. The van der Waals surface area contributed by atoms with Gasteiger partial charge in [0.1, 0.15) is 5.69 Å². The van der Waals surface area contributed by atoms with Crippen LogP contribution in [0.15, 0.2) is 16.7 Å². The van der Waals surface area contributed by atoms with E-state index >= 15 is 0 Å². The fourth-order valence-electron chi connectivity index (χ4n) is 1.62. The molecule has 0 aliphatic heterocycles. The number of nitrogens with one attached hydrogen (secondary N) is 1. The second kappa shape index (κ2) is 7.20. The van der Waals surface area contributed by atoms with Gasteiger partial charge in [0.05, 0.1) is 0 Å². The molecule has 0 fully saturated rings. The topological polar surface area (TPSA) is 71.3 Å². The van der Waals surface area contributed by atoms with Crippen molar-refractivity contribution in [3.05, 3.63) is 22.4 Å². The first-order valence-corrected chi connectivity index (χ1v) is 6.69. The van der Waals surface area contributed by atoms with Crippen molar-refractivity contribution in [1.29, 1.82) is 0 Å². The van der Waals surface area contributed by atoms with Crippen molar-refractivity contribution in [2.75, 3.05) is 6.54 Å². The molecule has 0 aliphatic carbocycles. The number of carboxylic acids is 1. The molecule has 1 heterocycles. The van der Waals surface area contributed by atoms with E-state index in [1.807, 2.05) is 17.7 Å². The Morgan fingerprint density at radius 2 is 2.22 bits per heavy atom. The summed E-state index contributed by atoms with van der Waals surface area (Å²) in [5.74, 6) is -1.01. The summed E-state index contributed by atoms with van der Waals surface area (Å²) in [5, 5.41) is 11.2. The number of carbonyl (C=O) groups is 2. The Bertz CT molecular complexity index is 429. The molecule has 1 aromatic heterocycles. The highest BCUT2D eigenvalue weighted by atomic mass is 79.9. The molecule has 0 bridgehead atoms. The van der Waals surface area contributed by atoms with Crippen LogP contribution in [0.5, 0.6) is 0 Å². The number of hydrogen-bond donors (Lipinski definition) is 2. The van der Waals surface area contributed by atoms with E-state index in [-0.39, 0.29) is 12.3 Å². The van der Waals surface area contributed by atoms with E-state index in [1.165, 1.54) is 0 Å². The van der Waals surface area contributed by atoms with Crippen LogP contribution in [0.4, 0.5) is 0 Å². The highest BCUT2D eigenvalue weighted by Gasteiger charge is 2.12. The molecule has 0 aliphatic rings. The Balaban J connectivity index is 2.52. The Morgan fingerprint density at radius 3 is 2.83 bits per heavy atom. The van der Waals surface area contributed by atoms with Crippen LogP contribution in [0.3, 0.4) is 0 Å². The van der Waals surface area contributed by atoms with Gasteiger partial charge in [0.15, 0.2) is 0 Å².